The summed E-state index contributed by atoms with van der Waals surface area (Å²) in [6, 6.07) is 6.49. The number of nitrogens with two attached hydrogens (primary N) is 1. The summed E-state index contributed by atoms with van der Waals surface area (Å²) in [6.45, 7) is 8.38. The van der Waals surface area contributed by atoms with Crippen molar-refractivity contribution in [3.63, 3.8) is 0 Å². The van der Waals surface area contributed by atoms with Crippen LogP contribution in [0.15, 0.2) is 24.3 Å². The highest BCUT2D eigenvalue weighted by Crippen LogP contribution is 2.23. The van der Waals surface area contributed by atoms with Crippen molar-refractivity contribution in [1.29, 1.82) is 0 Å². The predicted molar refractivity (Wildman–Crippen MR) is 132 cm³/mol. The van der Waals surface area contributed by atoms with Crippen LogP contribution in [0.25, 0.3) is 0 Å². The first-order valence-electron chi connectivity index (χ1n) is 12.6. The quantitative estimate of drug-likeness (QED) is 0.422. The number of carbonyl (C=O) groups excluding carboxylic acids is 3. The van der Waals surface area contributed by atoms with Gasteiger partial charge in [-0.3, -0.25) is 14.4 Å². The van der Waals surface area contributed by atoms with E-state index in [0.29, 0.717) is 36.6 Å². The second-order valence-corrected chi connectivity index (χ2v) is 9.38. The Kier molecular flexibility index (Phi) is 11.4. The Morgan fingerprint density at radius 1 is 1.06 bits per heavy atom. The highest BCUT2D eigenvalue weighted by molar-refractivity contribution is 5.99. The van der Waals surface area contributed by atoms with Crippen LogP contribution in [0.5, 0.6) is 0 Å². The summed E-state index contributed by atoms with van der Waals surface area (Å²) in [4.78, 5) is 39.6. The maximum Gasteiger partial charge on any atom is 0.253 e. The zero-order valence-corrected chi connectivity index (χ0v) is 20.6. The van der Waals surface area contributed by atoms with Gasteiger partial charge in [-0.2, -0.15) is 0 Å². The van der Waals surface area contributed by atoms with Gasteiger partial charge in [0.25, 0.3) is 11.8 Å². The van der Waals surface area contributed by atoms with Gasteiger partial charge >= 0.3 is 0 Å². The van der Waals surface area contributed by atoms with E-state index in [1.54, 1.807) is 24.3 Å². The van der Waals surface area contributed by atoms with Crippen molar-refractivity contribution in [1.82, 2.24) is 15.5 Å². The fourth-order valence-corrected chi connectivity index (χ4v) is 4.43. The third kappa shape index (κ3) is 8.80. The van der Waals surface area contributed by atoms with E-state index >= 15 is 0 Å². The van der Waals surface area contributed by atoms with Crippen LogP contribution in [-0.4, -0.2) is 54.8 Å². The molecule has 0 aliphatic heterocycles. The topological polar surface area (TPSA) is 105 Å². The van der Waals surface area contributed by atoms with E-state index in [2.05, 4.69) is 10.6 Å². The average Bonchev–Trinajstić information content (AvgIpc) is 3.34. The van der Waals surface area contributed by atoms with Gasteiger partial charge in [0.15, 0.2) is 0 Å². The molecule has 3 amide bonds. The predicted octanol–water partition coefficient (Wildman–Crippen LogP) is 3.34. The molecule has 7 nitrogen and oxygen atoms in total. The Balaban J connectivity index is 1.82. The molecule has 1 aliphatic carbocycles. The SMILES string of the molecule is CCCN(CCC)C(=O)c1cccc(C(=O)NCC(N)CC(C)C(=O)NCC2CCCC2)c1. The number of nitrogens with one attached hydrogen (secondary N) is 2. The van der Waals surface area contributed by atoms with E-state index in [9.17, 15) is 14.4 Å². The summed E-state index contributed by atoms with van der Waals surface area (Å²) in [7, 11) is 0. The summed E-state index contributed by atoms with van der Waals surface area (Å²) >= 11 is 0. The van der Waals surface area contributed by atoms with E-state index in [-0.39, 0.29) is 36.2 Å². The van der Waals surface area contributed by atoms with E-state index < -0.39 is 0 Å². The normalized spacial score (nSPS) is 15.6. The third-order valence-electron chi connectivity index (χ3n) is 6.31. The van der Waals surface area contributed by atoms with E-state index in [0.717, 1.165) is 19.4 Å². The van der Waals surface area contributed by atoms with E-state index in [1.165, 1.54) is 25.7 Å². The van der Waals surface area contributed by atoms with Crippen molar-refractivity contribution >= 4 is 17.7 Å². The van der Waals surface area contributed by atoms with Crippen molar-refractivity contribution < 1.29 is 14.4 Å². The fraction of sp³-hybridized carbons (Fsp3) is 0.654. The molecule has 33 heavy (non-hydrogen) atoms. The molecule has 184 valence electrons. The molecular formula is C26H42N4O3. The van der Waals surface area contributed by atoms with Crippen molar-refractivity contribution in [3.05, 3.63) is 35.4 Å². The van der Waals surface area contributed by atoms with Gasteiger partial charge in [-0.15, -0.1) is 0 Å². The molecule has 1 aromatic rings. The number of hydrogen-bond donors (Lipinski definition) is 3. The molecule has 2 unspecified atom stereocenters. The monoisotopic (exact) mass is 458 g/mol. The Labute approximate surface area is 198 Å². The van der Waals surface area contributed by atoms with Crippen LogP contribution >= 0.6 is 0 Å². The first-order chi connectivity index (χ1) is 15.8. The number of rotatable bonds is 13. The summed E-state index contributed by atoms with van der Waals surface area (Å²) in [5.74, 6) is 0.104. The minimum Gasteiger partial charge on any atom is -0.356 e. The van der Waals surface area contributed by atoms with Gasteiger partial charge in [0.2, 0.25) is 5.91 Å². The molecule has 0 aromatic heterocycles. The van der Waals surface area contributed by atoms with E-state index in [1.807, 2.05) is 25.7 Å². The van der Waals surface area contributed by atoms with Gasteiger partial charge < -0.3 is 21.3 Å². The number of carbonyl (C=O) groups is 3. The maximum atomic E-state index is 12.8. The van der Waals surface area contributed by atoms with Crippen LogP contribution in [0.3, 0.4) is 0 Å². The summed E-state index contributed by atoms with van der Waals surface area (Å²) < 4.78 is 0. The lowest BCUT2D eigenvalue weighted by Gasteiger charge is -2.22. The molecule has 0 spiro atoms. The lowest BCUT2D eigenvalue weighted by atomic mass is 10.0. The van der Waals surface area contributed by atoms with Crippen LogP contribution in [0.4, 0.5) is 0 Å². The van der Waals surface area contributed by atoms with Crippen LogP contribution in [0.1, 0.15) is 86.4 Å². The molecule has 2 rings (SSSR count). The average molecular weight is 459 g/mol. The highest BCUT2D eigenvalue weighted by atomic mass is 16.2. The summed E-state index contributed by atoms with van der Waals surface area (Å²) in [5.41, 5.74) is 7.13. The van der Waals surface area contributed by atoms with Crippen LogP contribution < -0.4 is 16.4 Å². The molecule has 0 radical (unpaired) electrons. The Hall–Kier alpha value is -2.41. The summed E-state index contributed by atoms with van der Waals surface area (Å²) in [6.07, 6.45) is 7.19. The fourth-order valence-electron chi connectivity index (χ4n) is 4.43. The zero-order valence-electron chi connectivity index (χ0n) is 20.6. The lowest BCUT2D eigenvalue weighted by Crippen LogP contribution is -2.41. The highest BCUT2D eigenvalue weighted by Gasteiger charge is 2.21. The van der Waals surface area contributed by atoms with Crippen LogP contribution in [0.2, 0.25) is 0 Å². The minimum absolute atomic E-state index is 0.0265. The smallest absolute Gasteiger partial charge is 0.253 e. The largest absolute Gasteiger partial charge is 0.356 e. The second-order valence-electron chi connectivity index (χ2n) is 9.38. The van der Waals surface area contributed by atoms with Gasteiger partial charge in [-0.25, -0.2) is 0 Å². The van der Waals surface area contributed by atoms with Crippen molar-refractivity contribution in [2.45, 2.75) is 71.8 Å². The summed E-state index contributed by atoms with van der Waals surface area (Å²) in [5, 5.41) is 5.89. The Morgan fingerprint density at radius 2 is 1.70 bits per heavy atom. The maximum absolute atomic E-state index is 12.8. The van der Waals surface area contributed by atoms with Crippen LogP contribution in [-0.2, 0) is 4.79 Å². The molecule has 0 bridgehead atoms. The molecule has 4 N–H and O–H groups in total. The van der Waals surface area contributed by atoms with Gasteiger partial charge in [0.05, 0.1) is 0 Å². The first kappa shape index (κ1) is 26.8. The third-order valence-corrected chi connectivity index (χ3v) is 6.31. The van der Waals surface area contributed by atoms with Crippen molar-refractivity contribution in [2.75, 3.05) is 26.2 Å². The molecular weight excluding hydrogens is 416 g/mol. The van der Waals surface area contributed by atoms with Gasteiger partial charge in [-0.05, 0) is 56.2 Å². The minimum atomic E-state index is -0.324. The molecule has 2 atom stereocenters. The number of hydrogen-bond acceptors (Lipinski definition) is 4. The van der Waals surface area contributed by atoms with Crippen molar-refractivity contribution in [3.8, 4) is 0 Å². The van der Waals surface area contributed by atoms with Gasteiger partial charge in [0.1, 0.15) is 0 Å². The van der Waals surface area contributed by atoms with Crippen molar-refractivity contribution in [2.24, 2.45) is 17.6 Å². The molecule has 0 saturated heterocycles. The number of nitrogens with zero attached hydrogens (tertiary/aromatic N) is 1. The number of benzene rings is 1. The molecule has 7 heteroatoms. The number of amides is 3. The zero-order chi connectivity index (χ0) is 24.2. The lowest BCUT2D eigenvalue weighted by molar-refractivity contribution is -0.125. The molecule has 0 heterocycles. The second kappa shape index (κ2) is 14.0. The standard InChI is InChI=1S/C26H42N4O3/c1-4-13-30(14-5-2)26(33)22-12-8-11-21(16-22)25(32)29-18-23(27)15-19(3)24(31)28-17-20-9-6-7-10-20/h8,11-12,16,19-20,23H,4-7,9-10,13-15,17-18,27H2,1-3H3,(H,28,31)(H,29,32). The molecule has 1 saturated carbocycles. The van der Waals surface area contributed by atoms with Gasteiger partial charge in [-0.1, -0.05) is 39.7 Å². The van der Waals surface area contributed by atoms with Gasteiger partial charge in [0, 0.05) is 49.3 Å². The molecule has 1 aromatic carbocycles. The first-order valence-corrected chi connectivity index (χ1v) is 12.6. The van der Waals surface area contributed by atoms with Crippen LogP contribution in [0, 0.1) is 11.8 Å². The Bertz CT molecular complexity index is 771. The molecule has 1 aliphatic rings. The molecule has 1 fully saturated rings. The van der Waals surface area contributed by atoms with E-state index in [4.69, 9.17) is 5.73 Å². The Morgan fingerprint density at radius 3 is 2.33 bits per heavy atom.